The van der Waals surface area contributed by atoms with E-state index in [1.165, 1.54) is 27.8 Å². The summed E-state index contributed by atoms with van der Waals surface area (Å²) >= 11 is 0. The number of rotatable bonds is 7. The van der Waals surface area contributed by atoms with E-state index in [9.17, 15) is 0 Å². The van der Waals surface area contributed by atoms with Gasteiger partial charge in [-0.25, -0.2) is 0 Å². The molecule has 0 aliphatic heterocycles. The lowest BCUT2D eigenvalue weighted by atomic mass is 10.0. The van der Waals surface area contributed by atoms with Gasteiger partial charge in [0.1, 0.15) is 0 Å². The molecule has 0 aliphatic rings. The Morgan fingerprint density at radius 1 is 0.826 bits per heavy atom. The molecule has 2 rings (SSSR count). The Bertz CT molecular complexity index is 665. The third kappa shape index (κ3) is 4.49. The van der Waals surface area contributed by atoms with E-state index in [1.54, 1.807) is 14.2 Å². The van der Waals surface area contributed by atoms with E-state index in [1.807, 2.05) is 12.1 Å². The fraction of sp³-hybridized carbons (Fsp3) is 0.400. The van der Waals surface area contributed by atoms with E-state index in [4.69, 9.17) is 9.47 Å². The Kier molecular flexibility index (Phi) is 6.05. The van der Waals surface area contributed by atoms with Gasteiger partial charge in [0.25, 0.3) is 0 Å². The Morgan fingerprint density at radius 2 is 1.52 bits per heavy atom. The summed E-state index contributed by atoms with van der Waals surface area (Å²) in [5, 5.41) is 3.53. The molecule has 0 radical (unpaired) electrons. The predicted molar refractivity (Wildman–Crippen MR) is 95.6 cm³/mol. The molecule has 23 heavy (non-hydrogen) atoms. The zero-order valence-electron chi connectivity index (χ0n) is 14.8. The molecule has 0 bridgehead atoms. The highest BCUT2D eigenvalue weighted by Gasteiger charge is 2.05. The van der Waals surface area contributed by atoms with Crippen molar-refractivity contribution in [3.63, 3.8) is 0 Å². The molecule has 0 aromatic heterocycles. The molecule has 0 aliphatic carbocycles. The smallest absolute Gasteiger partial charge is 0.160 e. The van der Waals surface area contributed by atoms with Gasteiger partial charge in [-0.15, -0.1) is 0 Å². The molecule has 2 aromatic carbocycles. The summed E-state index contributed by atoms with van der Waals surface area (Å²) in [6.07, 6.45) is 0.963. The fourth-order valence-electron chi connectivity index (χ4n) is 2.70. The molecule has 0 spiro atoms. The molecule has 0 amide bonds. The highest BCUT2D eigenvalue weighted by molar-refractivity contribution is 5.43. The first-order chi connectivity index (χ1) is 11.0. The second kappa shape index (κ2) is 8.02. The van der Waals surface area contributed by atoms with Gasteiger partial charge in [0.2, 0.25) is 0 Å². The topological polar surface area (TPSA) is 30.5 Å². The van der Waals surface area contributed by atoms with Crippen molar-refractivity contribution in [2.24, 2.45) is 0 Å². The van der Waals surface area contributed by atoms with Crippen LogP contribution < -0.4 is 14.8 Å². The Morgan fingerprint density at radius 3 is 2.22 bits per heavy atom. The Balaban J connectivity index is 1.89. The molecule has 124 valence electrons. The number of methoxy groups -OCH3 is 2. The van der Waals surface area contributed by atoms with E-state index in [-0.39, 0.29) is 0 Å². The summed E-state index contributed by atoms with van der Waals surface area (Å²) in [6.45, 7) is 8.35. The molecule has 0 heterocycles. The molecule has 0 unspecified atom stereocenters. The van der Waals surface area contributed by atoms with Crippen LogP contribution in [0.2, 0.25) is 0 Å². The average molecular weight is 313 g/mol. The quantitative estimate of drug-likeness (QED) is 0.785. The van der Waals surface area contributed by atoms with Gasteiger partial charge in [0.05, 0.1) is 14.2 Å². The third-order valence-electron chi connectivity index (χ3n) is 4.31. The molecule has 0 saturated heterocycles. The van der Waals surface area contributed by atoms with Crippen LogP contribution in [-0.4, -0.2) is 20.8 Å². The third-order valence-corrected chi connectivity index (χ3v) is 4.31. The minimum absolute atomic E-state index is 0.773. The number of hydrogen-bond acceptors (Lipinski definition) is 3. The first kappa shape index (κ1) is 17.4. The Hall–Kier alpha value is -2.00. The van der Waals surface area contributed by atoms with Gasteiger partial charge in [0, 0.05) is 6.54 Å². The van der Waals surface area contributed by atoms with Crippen LogP contribution >= 0.6 is 0 Å². The molecule has 0 fully saturated rings. The van der Waals surface area contributed by atoms with Crippen molar-refractivity contribution in [3.05, 3.63) is 58.1 Å². The van der Waals surface area contributed by atoms with Gasteiger partial charge in [-0.05, 0) is 73.7 Å². The predicted octanol–water partition coefficient (Wildman–Crippen LogP) is 3.96. The van der Waals surface area contributed by atoms with Crippen LogP contribution in [0, 0.1) is 20.8 Å². The second-order valence-electron chi connectivity index (χ2n) is 5.98. The van der Waals surface area contributed by atoms with Crippen LogP contribution in [0.1, 0.15) is 27.8 Å². The highest BCUT2D eigenvalue weighted by Crippen LogP contribution is 2.27. The van der Waals surface area contributed by atoms with Crippen molar-refractivity contribution < 1.29 is 9.47 Å². The summed E-state index contributed by atoms with van der Waals surface area (Å²) in [5.74, 6) is 1.56. The van der Waals surface area contributed by atoms with E-state index < -0.39 is 0 Å². The van der Waals surface area contributed by atoms with Crippen molar-refractivity contribution in [2.45, 2.75) is 33.7 Å². The molecule has 1 N–H and O–H groups in total. The van der Waals surface area contributed by atoms with Gasteiger partial charge in [-0.2, -0.15) is 0 Å². The summed E-state index contributed by atoms with van der Waals surface area (Å²) in [6, 6.07) is 10.6. The normalized spacial score (nSPS) is 10.7. The monoisotopic (exact) mass is 313 g/mol. The van der Waals surface area contributed by atoms with Crippen molar-refractivity contribution in [1.29, 1.82) is 0 Å². The number of nitrogens with one attached hydrogen (secondary N) is 1. The largest absolute Gasteiger partial charge is 0.493 e. The zero-order chi connectivity index (χ0) is 16.8. The van der Waals surface area contributed by atoms with Gasteiger partial charge in [0.15, 0.2) is 11.5 Å². The minimum Gasteiger partial charge on any atom is -0.493 e. The van der Waals surface area contributed by atoms with E-state index >= 15 is 0 Å². The first-order valence-electron chi connectivity index (χ1n) is 8.03. The lowest BCUT2D eigenvalue weighted by Crippen LogP contribution is -2.17. The van der Waals surface area contributed by atoms with E-state index in [0.717, 1.165) is 31.0 Å². The maximum absolute atomic E-state index is 5.35. The number of hydrogen-bond donors (Lipinski definition) is 1. The number of ether oxygens (including phenoxy) is 2. The van der Waals surface area contributed by atoms with Gasteiger partial charge in [-0.1, -0.05) is 18.2 Å². The summed E-state index contributed by atoms with van der Waals surface area (Å²) in [4.78, 5) is 0. The SMILES string of the molecule is COc1ccc(CCNCc2cc(C)c(C)cc2C)cc1OC. The molecule has 2 aromatic rings. The second-order valence-corrected chi connectivity index (χ2v) is 5.98. The van der Waals surface area contributed by atoms with Crippen molar-refractivity contribution in [1.82, 2.24) is 5.32 Å². The standard InChI is InChI=1S/C20H27NO2/c1-14-10-16(3)18(11-15(14)2)13-21-9-8-17-6-7-19(22-4)20(12-17)23-5/h6-7,10-12,21H,8-9,13H2,1-5H3. The number of benzene rings is 2. The van der Waals surface area contributed by atoms with Crippen LogP contribution in [0.3, 0.4) is 0 Å². The van der Waals surface area contributed by atoms with Crippen molar-refractivity contribution in [2.75, 3.05) is 20.8 Å². The molecular formula is C20H27NO2. The molecule has 3 heteroatoms. The van der Waals surface area contributed by atoms with Gasteiger partial charge < -0.3 is 14.8 Å². The minimum atomic E-state index is 0.773. The molecule has 0 saturated carbocycles. The van der Waals surface area contributed by atoms with Crippen LogP contribution in [0.25, 0.3) is 0 Å². The summed E-state index contributed by atoms with van der Waals surface area (Å²) in [5.41, 5.74) is 6.68. The van der Waals surface area contributed by atoms with Crippen LogP contribution in [0.15, 0.2) is 30.3 Å². The molecular weight excluding hydrogens is 286 g/mol. The molecule has 3 nitrogen and oxygen atoms in total. The average Bonchev–Trinajstić information content (AvgIpc) is 2.55. The molecule has 0 atom stereocenters. The zero-order valence-corrected chi connectivity index (χ0v) is 14.8. The van der Waals surface area contributed by atoms with Crippen LogP contribution in [0.5, 0.6) is 11.5 Å². The van der Waals surface area contributed by atoms with Crippen LogP contribution in [-0.2, 0) is 13.0 Å². The van der Waals surface area contributed by atoms with Crippen LogP contribution in [0.4, 0.5) is 0 Å². The summed E-state index contributed by atoms with van der Waals surface area (Å²) in [7, 11) is 3.33. The van der Waals surface area contributed by atoms with Gasteiger partial charge >= 0.3 is 0 Å². The lowest BCUT2D eigenvalue weighted by molar-refractivity contribution is 0.354. The van der Waals surface area contributed by atoms with E-state index in [2.05, 4.69) is 44.3 Å². The first-order valence-corrected chi connectivity index (χ1v) is 8.03. The Labute approximate surface area is 139 Å². The van der Waals surface area contributed by atoms with E-state index in [0.29, 0.717) is 0 Å². The maximum Gasteiger partial charge on any atom is 0.160 e. The van der Waals surface area contributed by atoms with Gasteiger partial charge in [-0.3, -0.25) is 0 Å². The number of aryl methyl sites for hydroxylation is 3. The van der Waals surface area contributed by atoms with Crippen molar-refractivity contribution >= 4 is 0 Å². The summed E-state index contributed by atoms with van der Waals surface area (Å²) < 4.78 is 10.6. The fourth-order valence-corrected chi connectivity index (χ4v) is 2.70. The van der Waals surface area contributed by atoms with Crippen molar-refractivity contribution in [3.8, 4) is 11.5 Å². The lowest BCUT2D eigenvalue weighted by Gasteiger charge is -2.12. The maximum atomic E-state index is 5.35. The highest BCUT2D eigenvalue weighted by atomic mass is 16.5.